The molecule has 0 saturated heterocycles. The van der Waals surface area contributed by atoms with E-state index in [9.17, 15) is 19.7 Å². The van der Waals surface area contributed by atoms with Crippen molar-refractivity contribution in [1.29, 1.82) is 0 Å². The smallest absolute Gasteiger partial charge is 0.278 e. The number of nitro groups is 1. The minimum Gasteiger partial charge on any atom is -0.385 e. The lowest BCUT2D eigenvalue weighted by Gasteiger charge is -2.03. The van der Waals surface area contributed by atoms with Gasteiger partial charge in [-0.2, -0.15) is 5.10 Å². The lowest BCUT2D eigenvalue weighted by Crippen LogP contribution is -2.30. The number of carbonyl (C=O) groups excluding carboxylic acids is 2. The second-order valence-corrected chi connectivity index (χ2v) is 4.48. The van der Waals surface area contributed by atoms with Gasteiger partial charge in [-0.1, -0.05) is 12.1 Å². The number of carbonyl (C=O) groups is 2. The van der Waals surface area contributed by atoms with E-state index in [2.05, 4.69) is 15.8 Å². The van der Waals surface area contributed by atoms with Gasteiger partial charge in [0.05, 0.1) is 16.7 Å². The lowest BCUT2D eigenvalue weighted by molar-refractivity contribution is -0.385. The lowest BCUT2D eigenvalue weighted by atomic mass is 10.2. The van der Waals surface area contributed by atoms with Crippen molar-refractivity contribution in [3.8, 4) is 0 Å². The first-order valence-electron chi connectivity index (χ1n) is 6.85. The number of hydrogen-bond donors (Lipinski definition) is 2. The Labute approximate surface area is 132 Å². The first-order valence-corrected chi connectivity index (χ1v) is 6.85. The van der Waals surface area contributed by atoms with E-state index in [1.165, 1.54) is 18.2 Å². The Morgan fingerprint density at radius 1 is 1.35 bits per heavy atom. The van der Waals surface area contributed by atoms with Gasteiger partial charge < -0.3 is 10.1 Å². The van der Waals surface area contributed by atoms with Crippen molar-refractivity contribution in [1.82, 2.24) is 10.7 Å². The van der Waals surface area contributed by atoms with Gasteiger partial charge in [-0.25, -0.2) is 5.43 Å². The van der Waals surface area contributed by atoms with Crippen molar-refractivity contribution >= 4 is 23.7 Å². The molecule has 0 aliphatic carbocycles. The summed E-state index contributed by atoms with van der Waals surface area (Å²) in [5.74, 6) is -1.04. The van der Waals surface area contributed by atoms with E-state index < -0.39 is 16.7 Å². The minimum absolute atomic E-state index is 0.124. The Bertz CT molecular complexity index is 588. The van der Waals surface area contributed by atoms with Crippen LogP contribution in [0.5, 0.6) is 0 Å². The number of ether oxygens (including phenoxy) is 1. The standard InChI is InChI=1S/C14H18N4O5/c1-23-8-4-7-15-13(19)9-14(20)17-16-10-11-5-2-3-6-12(11)18(21)22/h2-3,5-6,10H,4,7-9H2,1H3,(H,15,19)(H,17,20)/b16-10-. The summed E-state index contributed by atoms with van der Waals surface area (Å²) in [5.41, 5.74) is 2.28. The molecule has 1 aromatic carbocycles. The number of rotatable bonds is 9. The van der Waals surface area contributed by atoms with Gasteiger partial charge in [0.1, 0.15) is 6.42 Å². The maximum Gasteiger partial charge on any atom is 0.278 e. The van der Waals surface area contributed by atoms with Gasteiger partial charge in [-0.05, 0) is 12.5 Å². The van der Waals surface area contributed by atoms with Gasteiger partial charge in [0.15, 0.2) is 0 Å². The molecule has 0 aliphatic heterocycles. The summed E-state index contributed by atoms with van der Waals surface area (Å²) in [6.07, 6.45) is 1.44. The second kappa shape index (κ2) is 10.0. The van der Waals surface area contributed by atoms with E-state index in [1.54, 1.807) is 13.2 Å². The fourth-order valence-corrected chi connectivity index (χ4v) is 1.63. The molecule has 2 N–H and O–H groups in total. The van der Waals surface area contributed by atoms with Crippen molar-refractivity contribution in [2.75, 3.05) is 20.3 Å². The normalized spacial score (nSPS) is 10.5. The van der Waals surface area contributed by atoms with Crippen molar-refractivity contribution in [2.45, 2.75) is 12.8 Å². The molecule has 9 nitrogen and oxygen atoms in total. The zero-order valence-electron chi connectivity index (χ0n) is 12.7. The van der Waals surface area contributed by atoms with Gasteiger partial charge in [0.25, 0.3) is 5.69 Å². The van der Waals surface area contributed by atoms with Crippen LogP contribution in [0.25, 0.3) is 0 Å². The van der Waals surface area contributed by atoms with E-state index in [1.807, 2.05) is 0 Å². The van der Waals surface area contributed by atoms with Crippen LogP contribution in [-0.2, 0) is 14.3 Å². The highest BCUT2D eigenvalue weighted by atomic mass is 16.6. The third-order valence-electron chi connectivity index (χ3n) is 2.69. The molecule has 1 rings (SSSR count). The Morgan fingerprint density at radius 3 is 2.78 bits per heavy atom. The zero-order valence-corrected chi connectivity index (χ0v) is 12.7. The summed E-state index contributed by atoms with van der Waals surface area (Å²) in [6, 6.07) is 5.97. The molecule has 2 amide bonds. The molecule has 0 spiro atoms. The predicted octanol–water partition coefficient (Wildman–Crippen LogP) is 0.588. The number of methoxy groups -OCH3 is 1. The summed E-state index contributed by atoms with van der Waals surface area (Å²) in [4.78, 5) is 33.2. The largest absolute Gasteiger partial charge is 0.385 e. The van der Waals surface area contributed by atoms with Gasteiger partial charge in [-0.3, -0.25) is 19.7 Å². The van der Waals surface area contributed by atoms with Crippen LogP contribution in [-0.4, -0.2) is 43.2 Å². The van der Waals surface area contributed by atoms with Gasteiger partial charge >= 0.3 is 0 Å². The zero-order chi connectivity index (χ0) is 17.1. The quantitative estimate of drug-likeness (QED) is 0.226. The molecule has 0 aliphatic rings. The van der Waals surface area contributed by atoms with Gasteiger partial charge in [0, 0.05) is 26.3 Å². The van der Waals surface area contributed by atoms with E-state index in [-0.39, 0.29) is 17.7 Å². The van der Waals surface area contributed by atoms with E-state index in [0.29, 0.717) is 19.6 Å². The molecule has 0 fully saturated rings. The van der Waals surface area contributed by atoms with Crippen molar-refractivity contribution < 1.29 is 19.2 Å². The molecule has 23 heavy (non-hydrogen) atoms. The molecule has 0 radical (unpaired) electrons. The number of benzene rings is 1. The molecule has 0 aromatic heterocycles. The molecule has 9 heteroatoms. The van der Waals surface area contributed by atoms with Gasteiger partial charge in [-0.15, -0.1) is 0 Å². The van der Waals surface area contributed by atoms with Crippen LogP contribution in [0.3, 0.4) is 0 Å². The van der Waals surface area contributed by atoms with Crippen LogP contribution >= 0.6 is 0 Å². The average Bonchev–Trinajstić information content (AvgIpc) is 2.52. The summed E-state index contributed by atoms with van der Waals surface area (Å²) < 4.78 is 4.83. The summed E-state index contributed by atoms with van der Waals surface area (Å²) in [5, 5.41) is 17.0. The molecule has 0 heterocycles. The van der Waals surface area contributed by atoms with Crippen molar-refractivity contribution in [2.24, 2.45) is 5.10 Å². The highest BCUT2D eigenvalue weighted by molar-refractivity contribution is 5.97. The Hall–Kier alpha value is -2.81. The predicted molar refractivity (Wildman–Crippen MR) is 83.0 cm³/mol. The summed E-state index contributed by atoms with van der Waals surface area (Å²) >= 11 is 0. The number of amides is 2. The fourth-order valence-electron chi connectivity index (χ4n) is 1.63. The number of hydrogen-bond acceptors (Lipinski definition) is 6. The molecule has 124 valence electrons. The SMILES string of the molecule is COCCCNC(=O)CC(=O)N/N=C\c1ccccc1[N+](=O)[O-]. The molecule has 0 bridgehead atoms. The van der Waals surface area contributed by atoms with E-state index >= 15 is 0 Å². The highest BCUT2D eigenvalue weighted by Crippen LogP contribution is 2.14. The van der Waals surface area contributed by atoms with Crippen molar-refractivity contribution in [3.63, 3.8) is 0 Å². The Morgan fingerprint density at radius 2 is 2.09 bits per heavy atom. The topological polar surface area (TPSA) is 123 Å². The third kappa shape index (κ3) is 7.14. The minimum atomic E-state index is -0.607. The Balaban J connectivity index is 2.41. The van der Waals surface area contributed by atoms with E-state index in [4.69, 9.17) is 4.74 Å². The molecule has 0 unspecified atom stereocenters. The average molecular weight is 322 g/mol. The van der Waals surface area contributed by atoms with E-state index in [0.717, 1.165) is 6.21 Å². The monoisotopic (exact) mass is 322 g/mol. The van der Waals surface area contributed by atoms with Crippen LogP contribution in [0.4, 0.5) is 5.69 Å². The fraction of sp³-hybridized carbons (Fsp3) is 0.357. The Kier molecular flexibility index (Phi) is 7.94. The van der Waals surface area contributed by atoms with Crippen LogP contribution in [0.1, 0.15) is 18.4 Å². The van der Waals surface area contributed by atoms with Crippen LogP contribution in [0.2, 0.25) is 0 Å². The molecule has 1 aromatic rings. The molecular weight excluding hydrogens is 304 g/mol. The van der Waals surface area contributed by atoms with Crippen LogP contribution < -0.4 is 10.7 Å². The number of nitro benzene ring substituents is 1. The molecule has 0 saturated carbocycles. The van der Waals surface area contributed by atoms with Crippen LogP contribution in [0.15, 0.2) is 29.4 Å². The summed E-state index contributed by atoms with van der Waals surface area (Å²) in [7, 11) is 1.56. The maximum absolute atomic E-state index is 11.5. The maximum atomic E-state index is 11.5. The second-order valence-electron chi connectivity index (χ2n) is 4.48. The number of nitrogens with zero attached hydrogens (tertiary/aromatic N) is 2. The number of nitrogens with one attached hydrogen (secondary N) is 2. The summed E-state index contributed by atoms with van der Waals surface area (Å²) in [6.45, 7) is 0.937. The van der Waals surface area contributed by atoms with Crippen LogP contribution in [0, 0.1) is 10.1 Å². The third-order valence-corrected chi connectivity index (χ3v) is 2.69. The highest BCUT2D eigenvalue weighted by Gasteiger charge is 2.11. The molecule has 0 atom stereocenters. The first kappa shape index (κ1) is 18.2. The number of para-hydroxylation sites is 1. The van der Waals surface area contributed by atoms with Crippen molar-refractivity contribution in [3.05, 3.63) is 39.9 Å². The first-order chi connectivity index (χ1) is 11.0. The van der Waals surface area contributed by atoms with Gasteiger partial charge in [0.2, 0.25) is 11.8 Å². The molecular formula is C14H18N4O5. The number of hydrazone groups is 1.